The van der Waals surface area contributed by atoms with E-state index in [1.807, 2.05) is 0 Å². The minimum Gasteiger partial charge on any atom is 0 e. The Balaban J connectivity index is -0.000000000394. The zero-order valence-corrected chi connectivity index (χ0v) is 3.72. The van der Waals surface area contributed by atoms with E-state index in [-0.39, 0.29) is 50.3 Å². The molecule has 0 rings (SSSR count). The normalized spacial score (nSPS) is 1.00. The van der Waals surface area contributed by atoms with Crippen molar-refractivity contribution in [2.75, 3.05) is 0 Å². The van der Waals surface area contributed by atoms with Crippen molar-refractivity contribution in [1.29, 1.82) is 0 Å². The maximum Gasteiger partial charge on any atom is 0 e. The first kappa shape index (κ1) is 144. The summed E-state index contributed by atoms with van der Waals surface area (Å²) in [6, 6.07) is 0. The smallest absolute Gasteiger partial charge is 0 e. The van der Waals surface area contributed by atoms with Crippen LogP contribution in [-0.2, 0) is 14.2 Å². The van der Waals surface area contributed by atoms with Crippen LogP contribution in [0.5, 0.6) is 0 Å². The summed E-state index contributed by atoms with van der Waals surface area (Å²) in [5.41, 5.74) is 0. The van der Waals surface area contributed by atoms with E-state index in [1.54, 1.807) is 0 Å². The van der Waals surface area contributed by atoms with Crippen LogP contribution in [0.1, 0.15) is 27.7 Å². The number of rotatable bonds is 0. The van der Waals surface area contributed by atoms with Crippen molar-refractivity contribution >= 4 is 6.15 Å². The fourth-order valence-electron chi connectivity index (χ4n) is 0. The molecule has 0 aromatic carbocycles. The standard InChI is InChI=1S/CO2.CO.2CH4.3H2O.9H2/c2-1-3;1-2;;;;;;;;;;;;;;/h;;2*1H4;3*1H2;9*1H. The Labute approximate surface area is 72.9 Å². The molecule has 0 saturated carbocycles. The van der Waals surface area contributed by atoms with Crippen molar-refractivity contribution in [2.24, 2.45) is 0 Å². The van der Waals surface area contributed by atoms with Gasteiger partial charge in [0.05, 0.1) is 0 Å². The van der Waals surface area contributed by atoms with E-state index in [0.29, 0.717) is 0 Å². The summed E-state index contributed by atoms with van der Waals surface area (Å²) in [6.07, 6.45) is 0.250. The van der Waals surface area contributed by atoms with Crippen LogP contribution in [0.3, 0.4) is 0 Å². The molecule has 0 unspecified atom stereocenters. The molecule has 6 nitrogen and oxygen atoms in total. The number of hydrogen-bond donors (Lipinski definition) is 0. The predicted octanol–water partition coefficient (Wildman–Crippen LogP) is 0.391. The first-order valence-corrected chi connectivity index (χ1v) is 0.612. The third kappa shape index (κ3) is 252. The molecule has 0 aliphatic rings. The Hall–Kier alpha value is -1.00. The Morgan fingerprint density at radius 3 is 1.00 bits per heavy atom. The fraction of sp³-hybridized carbons (Fsp3) is 0.500. The quantitative estimate of drug-likeness (QED) is 0.387. The molecule has 0 aromatic heterocycles. The third-order valence-corrected chi connectivity index (χ3v) is 0. The summed E-state index contributed by atoms with van der Waals surface area (Å²) in [6.45, 7) is 4.50. The second kappa shape index (κ2) is 0. The molecule has 0 saturated heterocycles. The molecule has 0 spiro atoms. The van der Waals surface area contributed by atoms with Crippen molar-refractivity contribution < 1.29 is 43.5 Å². The first-order chi connectivity index (χ1) is 2.41. The molecule has 0 aromatic rings. The maximum atomic E-state index is 8.12. The molecule has 6 N–H and O–H groups in total. The largest absolute Gasteiger partial charge is 0 e. The third-order valence-electron chi connectivity index (χ3n) is 0. The minimum absolute atomic E-state index is 0. The second-order valence-electron chi connectivity index (χ2n) is 0.0833. The molecular weight excluding hydrogens is 144 g/mol. The van der Waals surface area contributed by atoms with Crippen LogP contribution in [0.15, 0.2) is 0 Å². The van der Waals surface area contributed by atoms with Gasteiger partial charge in [0.2, 0.25) is 0 Å². The molecule has 0 aliphatic carbocycles. The van der Waals surface area contributed by atoms with Gasteiger partial charge in [0, 0.05) is 12.8 Å². The van der Waals surface area contributed by atoms with Gasteiger partial charge in [-0.2, -0.15) is 9.59 Å². The SMILES string of the molecule is C.C.O.O.O.O=C=O.[C-]#[O+].[HH].[HH].[HH].[HH].[HH].[HH].[HH].[HH].[HH]. The topological polar surface area (TPSA) is 149 Å². The Morgan fingerprint density at radius 2 is 1.00 bits per heavy atom. The van der Waals surface area contributed by atoms with Crippen LogP contribution in [0.25, 0.3) is 0 Å². The zero-order valence-electron chi connectivity index (χ0n) is 3.72. The van der Waals surface area contributed by atoms with Crippen LogP contribution >= 0.6 is 0 Å². The molecule has 0 aliphatic heterocycles. The summed E-state index contributed by atoms with van der Waals surface area (Å²) >= 11 is 0. The summed E-state index contributed by atoms with van der Waals surface area (Å²) in [7, 11) is 0. The van der Waals surface area contributed by atoms with Gasteiger partial charge in [0.15, 0.2) is 0 Å². The van der Waals surface area contributed by atoms with E-state index in [1.165, 1.54) is 0 Å². The monoisotopic (exact) mass is 176 g/mol. The van der Waals surface area contributed by atoms with Crippen molar-refractivity contribution in [3.05, 3.63) is 6.65 Å². The van der Waals surface area contributed by atoms with E-state index in [4.69, 9.17) is 14.2 Å². The van der Waals surface area contributed by atoms with Crippen LogP contribution in [0, 0.1) is 6.65 Å². The molecule has 0 heterocycles. The van der Waals surface area contributed by atoms with Crippen molar-refractivity contribution in [2.45, 2.75) is 14.9 Å². The Bertz CT molecular complexity index is 71.0. The maximum absolute atomic E-state index is 8.12. The Morgan fingerprint density at radius 1 is 1.00 bits per heavy atom. The van der Waals surface area contributed by atoms with Gasteiger partial charge in [0.25, 0.3) is 0 Å². The summed E-state index contributed by atoms with van der Waals surface area (Å²) < 4.78 is 7.50. The zero-order chi connectivity index (χ0) is 4.71. The molecule has 0 atom stereocenters. The van der Waals surface area contributed by atoms with Crippen molar-refractivity contribution in [3.8, 4) is 0 Å². The summed E-state index contributed by atoms with van der Waals surface area (Å²) in [5.74, 6) is 0. The van der Waals surface area contributed by atoms with Gasteiger partial charge in [-0.25, -0.2) is 0 Å². The Kier molecular flexibility index (Phi) is 0. The van der Waals surface area contributed by atoms with Gasteiger partial charge < -0.3 is 16.4 Å². The molecule has 0 radical (unpaired) electrons. The van der Waals surface area contributed by atoms with Crippen LogP contribution in [-0.4, -0.2) is 22.6 Å². The van der Waals surface area contributed by atoms with Crippen LogP contribution in [0.4, 0.5) is 0 Å². The summed E-state index contributed by atoms with van der Waals surface area (Å²) in [4.78, 5) is 16.2. The van der Waals surface area contributed by atoms with E-state index >= 15 is 0 Å². The molecule has 0 bridgehead atoms. The average molecular weight is 176 g/mol. The van der Waals surface area contributed by atoms with E-state index in [9.17, 15) is 0 Å². The second-order valence-corrected chi connectivity index (χ2v) is 0.0833. The van der Waals surface area contributed by atoms with Gasteiger partial charge in [-0.15, -0.1) is 0 Å². The van der Waals surface area contributed by atoms with E-state index in [2.05, 4.69) is 6.65 Å². The molecular formula is C4H32O6. The van der Waals surface area contributed by atoms with E-state index < -0.39 is 0 Å². The van der Waals surface area contributed by atoms with Gasteiger partial charge in [-0.1, -0.05) is 14.9 Å². The van der Waals surface area contributed by atoms with Crippen molar-refractivity contribution in [1.82, 2.24) is 0 Å². The molecule has 6 heteroatoms. The van der Waals surface area contributed by atoms with Crippen LogP contribution < -0.4 is 0 Å². The van der Waals surface area contributed by atoms with Gasteiger partial charge in [-0.05, 0) is 0 Å². The van der Waals surface area contributed by atoms with Crippen molar-refractivity contribution in [3.63, 3.8) is 0 Å². The average Bonchev–Trinajstić information content (AvgIpc) is 1.46. The molecule has 0 amide bonds. The van der Waals surface area contributed by atoms with E-state index in [0.717, 1.165) is 0 Å². The number of carbonyl (C=O) groups excluding carboxylic acids is 2. The number of hydrogen-bond acceptors (Lipinski definition) is 2. The minimum atomic E-state index is 0. The fourth-order valence-corrected chi connectivity index (χ4v) is 0. The molecule has 0 fully saturated rings. The first-order valence-electron chi connectivity index (χ1n) is 0.612. The van der Waals surface area contributed by atoms with Gasteiger partial charge >= 0.3 is 17.5 Å². The van der Waals surface area contributed by atoms with Crippen LogP contribution in [0.2, 0.25) is 0 Å². The van der Waals surface area contributed by atoms with Gasteiger partial charge in [-0.3, -0.25) is 0 Å². The molecule has 84 valence electrons. The van der Waals surface area contributed by atoms with Gasteiger partial charge in [0.1, 0.15) is 0 Å². The molecule has 10 heavy (non-hydrogen) atoms. The summed E-state index contributed by atoms with van der Waals surface area (Å²) in [5, 5.41) is 0. The predicted molar refractivity (Wildman–Crippen MR) is 52.3 cm³/mol.